The van der Waals surface area contributed by atoms with Crippen LogP contribution in [0.3, 0.4) is 0 Å². The van der Waals surface area contributed by atoms with Crippen molar-refractivity contribution in [1.82, 2.24) is 14.8 Å². The van der Waals surface area contributed by atoms with E-state index in [9.17, 15) is 13.2 Å². The largest absolute Gasteiger partial charge is 0.417 e. The smallest absolute Gasteiger partial charge is 0.250 e. The van der Waals surface area contributed by atoms with E-state index in [0.29, 0.717) is 0 Å². The van der Waals surface area contributed by atoms with Crippen molar-refractivity contribution in [3.63, 3.8) is 0 Å². The van der Waals surface area contributed by atoms with Gasteiger partial charge in [-0.1, -0.05) is 0 Å². The Morgan fingerprint density at radius 1 is 1.36 bits per heavy atom. The van der Waals surface area contributed by atoms with Crippen LogP contribution in [0, 0.1) is 0 Å². The van der Waals surface area contributed by atoms with Crippen LogP contribution in [0.2, 0.25) is 0 Å². The minimum Gasteiger partial charge on any atom is -0.250 e. The molecule has 0 radical (unpaired) electrons. The van der Waals surface area contributed by atoms with E-state index in [2.05, 4.69) is 10.1 Å². The molecule has 0 atom stereocenters. The zero-order valence-electron chi connectivity index (χ0n) is 7.21. The van der Waals surface area contributed by atoms with Crippen LogP contribution in [0.4, 0.5) is 13.2 Å². The first-order chi connectivity index (χ1) is 6.50. The van der Waals surface area contributed by atoms with Gasteiger partial charge in [0.1, 0.15) is 0 Å². The third-order valence-corrected chi connectivity index (χ3v) is 1.94. The predicted molar refractivity (Wildman–Crippen MR) is 43.5 cm³/mol. The lowest BCUT2D eigenvalue weighted by molar-refractivity contribution is -0.136. The highest BCUT2D eigenvalue weighted by Crippen LogP contribution is 2.33. The molecule has 2 aromatic rings. The van der Waals surface area contributed by atoms with Crippen LogP contribution in [0.25, 0.3) is 11.0 Å². The molecule has 0 aliphatic rings. The van der Waals surface area contributed by atoms with Gasteiger partial charge in [-0.2, -0.15) is 18.3 Å². The summed E-state index contributed by atoms with van der Waals surface area (Å²) in [7, 11) is 1.55. The van der Waals surface area contributed by atoms with Gasteiger partial charge < -0.3 is 0 Å². The molecule has 0 fully saturated rings. The van der Waals surface area contributed by atoms with Gasteiger partial charge in [-0.25, -0.2) is 4.98 Å². The molecule has 2 rings (SSSR count). The first kappa shape index (κ1) is 8.98. The zero-order chi connectivity index (χ0) is 10.3. The summed E-state index contributed by atoms with van der Waals surface area (Å²) in [6.07, 6.45) is -2.05. The molecule has 0 bridgehead atoms. The zero-order valence-corrected chi connectivity index (χ0v) is 7.21. The molecular formula is C8H6F3N3. The van der Waals surface area contributed by atoms with E-state index >= 15 is 0 Å². The van der Waals surface area contributed by atoms with Gasteiger partial charge in [0.15, 0.2) is 5.65 Å². The molecule has 0 spiro atoms. The van der Waals surface area contributed by atoms with Crippen LogP contribution >= 0.6 is 0 Å². The van der Waals surface area contributed by atoms with Gasteiger partial charge in [0.05, 0.1) is 17.1 Å². The number of aromatic nitrogens is 3. The minimum absolute atomic E-state index is 0.0301. The molecule has 2 heterocycles. The minimum atomic E-state index is -4.36. The predicted octanol–water partition coefficient (Wildman–Crippen LogP) is 1.99. The van der Waals surface area contributed by atoms with Crippen LogP contribution in [0.15, 0.2) is 18.5 Å². The molecule has 2 aromatic heterocycles. The Kier molecular flexibility index (Phi) is 1.73. The highest BCUT2D eigenvalue weighted by atomic mass is 19.4. The maximum atomic E-state index is 12.5. The van der Waals surface area contributed by atoms with Crippen molar-refractivity contribution >= 4 is 11.0 Å². The molecule has 0 aromatic carbocycles. The number of alkyl halides is 3. The van der Waals surface area contributed by atoms with Crippen molar-refractivity contribution in [3.05, 3.63) is 24.0 Å². The van der Waals surface area contributed by atoms with E-state index in [-0.39, 0.29) is 11.0 Å². The lowest BCUT2D eigenvalue weighted by atomic mass is 10.2. The normalized spacial score (nSPS) is 12.3. The average molecular weight is 201 g/mol. The number of aryl methyl sites for hydroxylation is 1. The first-order valence-corrected chi connectivity index (χ1v) is 3.84. The van der Waals surface area contributed by atoms with Gasteiger partial charge >= 0.3 is 6.18 Å². The Bertz CT molecular complexity index is 472. The van der Waals surface area contributed by atoms with E-state index in [0.717, 1.165) is 12.3 Å². The molecule has 0 saturated carbocycles. The SMILES string of the molecule is Cn1ncc2c(C(F)(F)F)ccnc21. The van der Waals surface area contributed by atoms with Gasteiger partial charge in [0, 0.05) is 13.2 Å². The van der Waals surface area contributed by atoms with Gasteiger partial charge in [-0.3, -0.25) is 4.68 Å². The number of pyridine rings is 1. The first-order valence-electron chi connectivity index (χ1n) is 3.84. The number of halogens is 3. The topological polar surface area (TPSA) is 30.7 Å². The second-order valence-corrected chi connectivity index (χ2v) is 2.86. The molecule has 0 unspecified atom stereocenters. The third kappa shape index (κ3) is 1.23. The Labute approximate surface area is 77.2 Å². The fourth-order valence-electron chi connectivity index (χ4n) is 1.29. The standard InChI is InChI=1S/C8H6F3N3/c1-14-7-5(4-13-14)6(2-3-12-7)8(9,10)11/h2-4H,1H3. The molecule has 0 aliphatic heterocycles. The van der Waals surface area contributed by atoms with Crippen molar-refractivity contribution < 1.29 is 13.2 Å². The van der Waals surface area contributed by atoms with Crippen LogP contribution in [0.5, 0.6) is 0 Å². The van der Waals surface area contributed by atoms with Crippen molar-refractivity contribution in [2.75, 3.05) is 0 Å². The average Bonchev–Trinajstić information content (AvgIpc) is 2.46. The number of nitrogens with zero attached hydrogens (tertiary/aromatic N) is 3. The summed E-state index contributed by atoms with van der Waals surface area (Å²) in [4.78, 5) is 3.82. The van der Waals surface area contributed by atoms with E-state index in [1.807, 2.05) is 0 Å². The van der Waals surface area contributed by atoms with E-state index in [1.165, 1.54) is 10.9 Å². The Morgan fingerprint density at radius 3 is 2.71 bits per heavy atom. The quantitative estimate of drug-likeness (QED) is 0.652. The van der Waals surface area contributed by atoms with Crippen molar-refractivity contribution in [2.45, 2.75) is 6.18 Å². The van der Waals surface area contributed by atoms with Crippen LogP contribution in [-0.2, 0) is 13.2 Å². The van der Waals surface area contributed by atoms with Crippen LogP contribution < -0.4 is 0 Å². The Hall–Kier alpha value is -1.59. The van der Waals surface area contributed by atoms with E-state index in [1.54, 1.807) is 7.05 Å². The number of fused-ring (bicyclic) bond motifs is 1. The lowest BCUT2D eigenvalue weighted by Gasteiger charge is -2.06. The summed E-state index contributed by atoms with van der Waals surface area (Å²) < 4.78 is 38.7. The highest BCUT2D eigenvalue weighted by Gasteiger charge is 2.33. The van der Waals surface area contributed by atoms with Crippen LogP contribution in [0.1, 0.15) is 5.56 Å². The maximum absolute atomic E-state index is 12.5. The van der Waals surface area contributed by atoms with E-state index < -0.39 is 11.7 Å². The summed E-state index contributed by atoms with van der Waals surface area (Å²) >= 11 is 0. The molecule has 0 amide bonds. The summed E-state index contributed by atoms with van der Waals surface area (Å²) in [5.41, 5.74) is -0.463. The second kappa shape index (κ2) is 2.70. The Morgan fingerprint density at radius 2 is 2.07 bits per heavy atom. The van der Waals surface area contributed by atoms with Crippen molar-refractivity contribution in [2.24, 2.45) is 7.05 Å². The fourth-order valence-corrected chi connectivity index (χ4v) is 1.29. The van der Waals surface area contributed by atoms with Crippen molar-refractivity contribution in [3.8, 4) is 0 Å². The van der Waals surface area contributed by atoms with Crippen molar-refractivity contribution in [1.29, 1.82) is 0 Å². The lowest BCUT2D eigenvalue weighted by Crippen LogP contribution is -2.05. The highest BCUT2D eigenvalue weighted by molar-refractivity contribution is 5.78. The maximum Gasteiger partial charge on any atom is 0.417 e. The molecule has 0 N–H and O–H groups in total. The number of hydrogen-bond donors (Lipinski definition) is 0. The fraction of sp³-hybridized carbons (Fsp3) is 0.250. The molecule has 6 heteroatoms. The van der Waals surface area contributed by atoms with Gasteiger partial charge in [-0.15, -0.1) is 0 Å². The second-order valence-electron chi connectivity index (χ2n) is 2.86. The third-order valence-electron chi connectivity index (χ3n) is 1.94. The van der Waals surface area contributed by atoms with Gasteiger partial charge in [0.25, 0.3) is 0 Å². The summed E-state index contributed by atoms with van der Waals surface area (Å²) in [5, 5.41) is 3.75. The summed E-state index contributed by atoms with van der Waals surface area (Å²) in [6, 6.07) is 0.948. The molecule has 0 aliphatic carbocycles. The van der Waals surface area contributed by atoms with Gasteiger partial charge in [-0.05, 0) is 6.07 Å². The molecular weight excluding hydrogens is 195 g/mol. The van der Waals surface area contributed by atoms with Crippen LogP contribution in [-0.4, -0.2) is 14.8 Å². The number of hydrogen-bond acceptors (Lipinski definition) is 2. The Balaban J connectivity index is 2.79. The molecule has 74 valence electrons. The molecule has 14 heavy (non-hydrogen) atoms. The van der Waals surface area contributed by atoms with Gasteiger partial charge in [0.2, 0.25) is 0 Å². The number of rotatable bonds is 0. The summed E-state index contributed by atoms with van der Waals surface area (Å²) in [5.74, 6) is 0. The monoisotopic (exact) mass is 201 g/mol. The molecule has 3 nitrogen and oxygen atoms in total. The summed E-state index contributed by atoms with van der Waals surface area (Å²) in [6.45, 7) is 0. The van der Waals surface area contributed by atoms with E-state index in [4.69, 9.17) is 0 Å². The molecule has 0 saturated heterocycles.